The molecule has 1 aromatic heterocycles. The van der Waals surface area contributed by atoms with Crippen LogP contribution in [0.15, 0.2) is 54.7 Å². The lowest BCUT2D eigenvalue weighted by atomic mass is 10.2. The molecule has 0 fully saturated rings. The van der Waals surface area contributed by atoms with Crippen molar-refractivity contribution in [1.82, 2.24) is 4.57 Å². The Morgan fingerprint density at radius 2 is 1.84 bits per heavy atom. The first-order valence-corrected chi connectivity index (χ1v) is 6.23. The topological polar surface area (TPSA) is 40.2 Å². The zero-order valence-corrected chi connectivity index (χ0v) is 10.8. The summed E-state index contributed by atoms with van der Waals surface area (Å²) >= 11 is 0. The van der Waals surface area contributed by atoms with Crippen LogP contribution in [-0.4, -0.2) is 11.7 Å². The fourth-order valence-corrected chi connectivity index (χ4v) is 2.28. The van der Waals surface area contributed by atoms with Gasteiger partial charge in [-0.2, -0.15) is 0 Å². The molecule has 2 N–H and O–H groups in total. The van der Waals surface area contributed by atoms with Crippen molar-refractivity contribution in [2.24, 2.45) is 0 Å². The third-order valence-electron chi connectivity index (χ3n) is 3.31. The highest BCUT2D eigenvalue weighted by Gasteiger charge is 2.02. The second-order valence-electron chi connectivity index (χ2n) is 4.61. The number of benzene rings is 2. The molecule has 96 valence electrons. The number of rotatable bonds is 3. The number of aromatic nitrogens is 1. The van der Waals surface area contributed by atoms with Crippen molar-refractivity contribution < 1.29 is 4.74 Å². The number of nitrogens with zero attached hydrogens (tertiary/aromatic N) is 1. The first-order valence-electron chi connectivity index (χ1n) is 6.23. The molecule has 2 aromatic carbocycles. The van der Waals surface area contributed by atoms with Crippen LogP contribution in [0.2, 0.25) is 0 Å². The molecule has 19 heavy (non-hydrogen) atoms. The quantitative estimate of drug-likeness (QED) is 0.727. The normalized spacial score (nSPS) is 10.8. The van der Waals surface area contributed by atoms with Crippen molar-refractivity contribution in [1.29, 1.82) is 0 Å². The van der Waals surface area contributed by atoms with Crippen LogP contribution in [0.1, 0.15) is 5.56 Å². The molecule has 3 rings (SSSR count). The zero-order valence-electron chi connectivity index (χ0n) is 10.8. The van der Waals surface area contributed by atoms with Crippen LogP contribution in [0.3, 0.4) is 0 Å². The average Bonchev–Trinajstić information content (AvgIpc) is 2.82. The minimum Gasteiger partial charge on any atom is -0.497 e. The summed E-state index contributed by atoms with van der Waals surface area (Å²) in [5, 5.41) is 1.17. The van der Waals surface area contributed by atoms with Gasteiger partial charge >= 0.3 is 0 Å². The second-order valence-corrected chi connectivity index (χ2v) is 4.61. The van der Waals surface area contributed by atoms with Crippen LogP contribution < -0.4 is 10.5 Å². The number of nitrogens with two attached hydrogens (primary N) is 1. The summed E-state index contributed by atoms with van der Waals surface area (Å²) in [7, 11) is 1.68. The summed E-state index contributed by atoms with van der Waals surface area (Å²) < 4.78 is 7.39. The number of hydrogen-bond acceptors (Lipinski definition) is 2. The third kappa shape index (κ3) is 2.27. The number of methoxy groups -OCH3 is 1. The van der Waals surface area contributed by atoms with E-state index in [1.54, 1.807) is 7.11 Å². The highest BCUT2D eigenvalue weighted by atomic mass is 16.5. The van der Waals surface area contributed by atoms with Gasteiger partial charge in [-0.1, -0.05) is 12.1 Å². The monoisotopic (exact) mass is 252 g/mol. The number of anilines is 1. The van der Waals surface area contributed by atoms with Gasteiger partial charge in [-0.15, -0.1) is 0 Å². The summed E-state index contributed by atoms with van der Waals surface area (Å²) in [5.41, 5.74) is 9.04. The molecule has 0 aliphatic heterocycles. The summed E-state index contributed by atoms with van der Waals surface area (Å²) in [6, 6.07) is 16.2. The van der Waals surface area contributed by atoms with Crippen LogP contribution in [0.5, 0.6) is 5.75 Å². The fourth-order valence-electron chi connectivity index (χ4n) is 2.28. The molecule has 0 spiro atoms. The van der Waals surface area contributed by atoms with Gasteiger partial charge in [0.15, 0.2) is 0 Å². The first kappa shape index (κ1) is 11.7. The second kappa shape index (κ2) is 4.69. The highest BCUT2D eigenvalue weighted by molar-refractivity contribution is 5.83. The molecular weight excluding hydrogens is 236 g/mol. The maximum Gasteiger partial charge on any atom is 0.118 e. The Bertz CT molecular complexity index is 698. The van der Waals surface area contributed by atoms with Gasteiger partial charge in [0.1, 0.15) is 5.75 Å². The predicted octanol–water partition coefficient (Wildman–Crippen LogP) is 3.28. The van der Waals surface area contributed by atoms with E-state index >= 15 is 0 Å². The van der Waals surface area contributed by atoms with Crippen molar-refractivity contribution in [2.45, 2.75) is 6.54 Å². The Morgan fingerprint density at radius 1 is 1.05 bits per heavy atom. The number of ether oxygens (including phenoxy) is 1. The summed E-state index contributed by atoms with van der Waals surface area (Å²) in [5.74, 6) is 0.883. The van der Waals surface area contributed by atoms with Crippen molar-refractivity contribution in [2.75, 3.05) is 12.8 Å². The number of nitrogen functional groups attached to an aromatic ring is 1. The third-order valence-corrected chi connectivity index (χ3v) is 3.31. The van der Waals surface area contributed by atoms with Gasteiger partial charge in [-0.05, 0) is 42.0 Å². The summed E-state index contributed by atoms with van der Waals surface area (Å²) in [6.45, 7) is 0.845. The lowest BCUT2D eigenvalue weighted by Crippen LogP contribution is -1.97. The standard InChI is InChI=1S/C16H16N2O/c1-19-15-5-2-12(3-6-15)11-18-9-8-13-10-14(17)4-7-16(13)18/h2-10H,11,17H2,1H3. The van der Waals surface area contributed by atoms with Crippen LogP contribution in [0, 0.1) is 0 Å². The van der Waals surface area contributed by atoms with Gasteiger partial charge in [0.2, 0.25) is 0 Å². The minimum atomic E-state index is 0.801. The molecule has 0 radical (unpaired) electrons. The molecule has 0 unspecified atom stereocenters. The van der Waals surface area contributed by atoms with Crippen LogP contribution in [0.25, 0.3) is 10.9 Å². The maximum atomic E-state index is 5.79. The van der Waals surface area contributed by atoms with Gasteiger partial charge in [0.25, 0.3) is 0 Å². The van der Waals surface area contributed by atoms with E-state index in [1.165, 1.54) is 16.5 Å². The molecule has 3 heteroatoms. The molecular formula is C16H16N2O. The molecule has 3 aromatic rings. The Morgan fingerprint density at radius 3 is 2.58 bits per heavy atom. The van der Waals surface area contributed by atoms with Crippen molar-refractivity contribution in [3.8, 4) is 5.75 Å². The Hall–Kier alpha value is -2.42. The lowest BCUT2D eigenvalue weighted by molar-refractivity contribution is 0.414. The molecule has 0 saturated heterocycles. The Kier molecular flexibility index (Phi) is 2.88. The van der Waals surface area contributed by atoms with Gasteiger partial charge in [0.05, 0.1) is 7.11 Å². The van der Waals surface area contributed by atoms with Crippen molar-refractivity contribution >= 4 is 16.6 Å². The maximum absolute atomic E-state index is 5.79. The Labute approximate surface area is 112 Å². The van der Waals surface area contributed by atoms with E-state index in [4.69, 9.17) is 10.5 Å². The smallest absolute Gasteiger partial charge is 0.118 e. The van der Waals surface area contributed by atoms with E-state index in [2.05, 4.69) is 35.0 Å². The van der Waals surface area contributed by atoms with E-state index in [1.807, 2.05) is 24.3 Å². The lowest BCUT2D eigenvalue weighted by Gasteiger charge is -2.07. The zero-order chi connectivity index (χ0) is 13.2. The van der Waals surface area contributed by atoms with Crippen molar-refractivity contribution in [3.63, 3.8) is 0 Å². The van der Waals surface area contributed by atoms with Gasteiger partial charge < -0.3 is 15.0 Å². The largest absolute Gasteiger partial charge is 0.497 e. The SMILES string of the molecule is COc1ccc(Cn2ccc3cc(N)ccc32)cc1. The van der Waals surface area contributed by atoms with Crippen LogP contribution >= 0.6 is 0 Å². The van der Waals surface area contributed by atoms with E-state index in [-0.39, 0.29) is 0 Å². The molecule has 3 nitrogen and oxygen atoms in total. The van der Waals surface area contributed by atoms with E-state index < -0.39 is 0 Å². The van der Waals surface area contributed by atoms with Crippen LogP contribution in [0.4, 0.5) is 5.69 Å². The van der Waals surface area contributed by atoms with Gasteiger partial charge in [-0.25, -0.2) is 0 Å². The Balaban J connectivity index is 1.92. The van der Waals surface area contributed by atoms with E-state index in [9.17, 15) is 0 Å². The summed E-state index contributed by atoms with van der Waals surface area (Å²) in [4.78, 5) is 0. The molecule has 0 amide bonds. The minimum absolute atomic E-state index is 0.801. The fraction of sp³-hybridized carbons (Fsp3) is 0.125. The van der Waals surface area contributed by atoms with Gasteiger partial charge in [-0.3, -0.25) is 0 Å². The van der Waals surface area contributed by atoms with Crippen molar-refractivity contribution in [3.05, 3.63) is 60.3 Å². The summed E-state index contributed by atoms with van der Waals surface area (Å²) in [6.07, 6.45) is 2.09. The average molecular weight is 252 g/mol. The molecule has 0 bridgehead atoms. The van der Waals surface area contributed by atoms with E-state index in [0.717, 1.165) is 18.0 Å². The number of hydrogen-bond donors (Lipinski definition) is 1. The van der Waals surface area contributed by atoms with Crippen LogP contribution in [-0.2, 0) is 6.54 Å². The molecule has 0 aliphatic carbocycles. The first-order chi connectivity index (χ1) is 9.26. The highest BCUT2D eigenvalue weighted by Crippen LogP contribution is 2.20. The molecule has 0 saturated carbocycles. The molecule has 0 aliphatic rings. The molecule has 1 heterocycles. The van der Waals surface area contributed by atoms with E-state index in [0.29, 0.717) is 0 Å². The van der Waals surface area contributed by atoms with Gasteiger partial charge in [0, 0.05) is 29.3 Å². The molecule has 0 atom stereocenters. The predicted molar refractivity (Wildman–Crippen MR) is 78.4 cm³/mol. The number of fused-ring (bicyclic) bond motifs is 1.